The third kappa shape index (κ3) is 4.96. The summed E-state index contributed by atoms with van der Waals surface area (Å²) < 4.78 is 0. The van der Waals surface area contributed by atoms with Gasteiger partial charge in [0.25, 0.3) is 0 Å². The summed E-state index contributed by atoms with van der Waals surface area (Å²) in [5.41, 5.74) is 5.26. The highest BCUT2D eigenvalue weighted by Gasteiger charge is 2.26. The molecule has 2 N–H and O–H groups in total. The van der Waals surface area contributed by atoms with Crippen LogP contribution in [0.15, 0.2) is 0 Å². The van der Waals surface area contributed by atoms with E-state index in [1.165, 1.54) is 45.2 Å². The van der Waals surface area contributed by atoms with Gasteiger partial charge in [-0.15, -0.1) is 0 Å². The average Bonchev–Trinajstić information content (AvgIpc) is 2.55. The van der Waals surface area contributed by atoms with Gasteiger partial charge in [0.1, 0.15) is 5.54 Å². The summed E-state index contributed by atoms with van der Waals surface area (Å²) >= 11 is 0. The van der Waals surface area contributed by atoms with Crippen LogP contribution in [0.3, 0.4) is 0 Å². The topological polar surface area (TPSA) is 53.0 Å². The number of hydrogen-bond donors (Lipinski definition) is 1. The molecule has 3 heteroatoms. The second-order valence-electron chi connectivity index (χ2n) is 6.20. The summed E-state index contributed by atoms with van der Waals surface area (Å²) in [6.45, 7) is 8.66. The Morgan fingerprint density at radius 3 is 2.78 bits per heavy atom. The van der Waals surface area contributed by atoms with E-state index >= 15 is 0 Å². The SMILES string of the molecule is CCCC1CCCN(C(C)CC(C)(N)C#N)CC1. The fraction of sp³-hybridized carbons (Fsp3) is 0.933. The lowest BCUT2D eigenvalue weighted by Gasteiger charge is -2.31. The molecule has 3 nitrogen and oxygen atoms in total. The monoisotopic (exact) mass is 251 g/mol. The predicted octanol–water partition coefficient (Wildman–Crippen LogP) is 2.91. The molecule has 18 heavy (non-hydrogen) atoms. The van der Waals surface area contributed by atoms with E-state index in [0.29, 0.717) is 6.04 Å². The van der Waals surface area contributed by atoms with Gasteiger partial charge in [-0.25, -0.2) is 0 Å². The molecular weight excluding hydrogens is 222 g/mol. The lowest BCUT2D eigenvalue weighted by molar-refractivity contribution is 0.189. The van der Waals surface area contributed by atoms with Gasteiger partial charge in [0.2, 0.25) is 0 Å². The number of rotatable bonds is 5. The lowest BCUT2D eigenvalue weighted by atomic mass is 9.95. The minimum absolute atomic E-state index is 0.417. The first kappa shape index (κ1) is 15.5. The van der Waals surface area contributed by atoms with Gasteiger partial charge in [-0.3, -0.25) is 0 Å². The van der Waals surface area contributed by atoms with Gasteiger partial charge in [-0.05, 0) is 58.5 Å². The van der Waals surface area contributed by atoms with Gasteiger partial charge in [-0.2, -0.15) is 5.26 Å². The Kier molecular flexibility index (Phi) is 6.11. The molecule has 0 aromatic carbocycles. The second kappa shape index (κ2) is 7.11. The molecule has 1 rings (SSSR count). The molecule has 0 aromatic heterocycles. The van der Waals surface area contributed by atoms with E-state index in [1.807, 2.05) is 6.92 Å². The third-order valence-electron chi connectivity index (χ3n) is 4.18. The van der Waals surface area contributed by atoms with Crippen LogP contribution in [0.1, 0.15) is 59.3 Å². The first-order valence-corrected chi connectivity index (χ1v) is 7.42. The van der Waals surface area contributed by atoms with Crippen LogP contribution in [0.5, 0.6) is 0 Å². The summed E-state index contributed by atoms with van der Waals surface area (Å²) in [5.74, 6) is 0.910. The fourth-order valence-corrected chi connectivity index (χ4v) is 3.11. The maximum absolute atomic E-state index is 9.02. The largest absolute Gasteiger partial charge is 0.314 e. The van der Waals surface area contributed by atoms with Crippen molar-refractivity contribution in [2.75, 3.05) is 13.1 Å². The van der Waals surface area contributed by atoms with Gasteiger partial charge in [0, 0.05) is 6.04 Å². The Morgan fingerprint density at radius 1 is 1.44 bits per heavy atom. The molecule has 1 aliphatic heterocycles. The maximum Gasteiger partial charge on any atom is 0.102 e. The van der Waals surface area contributed by atoms with Gasteiger partial charge >= 0.3 is 0 Å². The van der Waals surface area contributed by atoms with Crippen molar-refractivity contribution in [2.45, 2.75) is 70.9 Å². The molecule has 3 atom stereocenters. The minimum atomic E-state index is -0.686. The van der Waals surface area contributed by atoms with Gasteiger partial charge in [0.05, 0.1) is 6.07 Å². The number of nitrogens with zero attached hydrogens (tertiary/aromatic N) is 2. The predicted molar refractivity (Wildman–Crippen MR) is 76.1 cm³/mol. The van der Waals surface area contributed by atoms with Crippen LogP contribution >= 0.6 is 0 Å². The van der Waals surface area contributed by atoms with Gasteiger partial charge in [0.15, 0.2) is 0 Å². The van der Waals surface area contributed by atoms with E-state index in [2.05, 4.69) is 24.8 Å². The van der Waals surface area contributed by atoms with Crippen LogP contribution in [0, 0.1) is 17.2 Å². The first-order valence-electron chi connectivity index (χ1n) is 7.42. The maximum atomic E-state index is 9.02. The average molecular weight is 251 g/mol. The summed E-state index contributed by atoms with van der Waals surface area (Å²) in [7, 11) is 0. The van der Waals surface area contributed by atoms with Crippen molar-refractivity contribution < 1.29 is 0 Å². The zero-order chi connectivity index (χ0) is 13.6. The Balaban J connectivity index is 2.45. The Bertz CT molecular complexity index is 280. The van der Waals surface area contributed by atoms with E-state index < -0.39 is 5.54 Å². The van der Waals surface area contributed by atoms with Crippen molar-refractivity contribution in [3.05, 3.63) is 0 Å². The molecule has 1 saturated heterocycles. The second-order valence-corrected chi connectivity index (χ2v) is 6.20. The van der Waals surface area contributed by atoms with E-state index in [-0.39, 0.29) is 0 Å². The molecule has 1 fully saturated rings. The molecule has 1 heterocycles. The van der Waals surface area contributed by atoms with E-state index in [0.717, 1.165) is 12.3 Å². The number of hydrogen-bond acceptors (Lipinski definition) is 3. The van der Waals surface area contributed by atoms with Crippen LogP contribution in [0.2, 0.25) is 0 Å². The van der Waals surface area contributed by atoms with Crippen LogP contribution < -0.4 is 5.73 Å². The molecule has 0 radical (unpaired) electrons. The Hall–Kier alpha value is -0.590. The molecule has 104 valence electrons. The molecule has 1 aliphatic rings. The molecule has 0 spiro atoms. The van der Waals surface area contributed by atoms with Crippen molar-refractivity contribution in [1.29, 1.82) is 5.26 Å². The van der Waals surface area contributed by atoms with Crippen molar-refractivity contribution in [1.82, 2.24) is 4.90 Å². The zero-order valence-corrected chi connectivity index (χ0v) is 12.3. The summed E-state index contributed by atoms with van der Waals surface area (Å²) in [6.07, 6.45) is 7.41. The van der Waals surface area contributed by atoms with Crippen LogP contribution in [0.4, 0.5) is 0 Å². The highest BCUT2D eigenvalue weighted by Crippen LogP contribution is 2.24. The van der Waals surface area contributed by atoms with E-state index in [4.69, 9.17) is 11.0 Å². The van der Waals surface area contributed by atoms with Crippen molar-refractivity contribution in [3.8, 4) is 6.07 Å². The zero-order valence-electron chi connectivity index (χ0n) is 12.3. The lowest BCUT2D eigenvalue weighted by Crippen LogP contribution is -2.44. The summed E-state index contributed by atoms with van der Waals surface area (Å²) in [4.78, 5) is 2.53. The number of likely N-dealkylation sites (tertiary alicyclic amines) is 1. The molecular formula is C15H29N3. The first-order chi connectivity index (χ1) is 8.48. The highest BCUT2D eigenvalue weighted by atomic mass is 15.2. The normalized spacial score (nSPS) is 26.9. The van der Waals surface area contributed by atoms with Crippen molar-refractivity contribution in [2.24, 2.45) is 11.7 Å². The molecule has 0 bridgehead atoms. The Morgan fingerprint density at radius 2 is 2.17 bits per heavy atom. The minimum Gasteiger partial charge on any atom is -0.314 e. The molecule has 0 amide bonds. The Labute approximate surface area is 112 Å². The highest BCUT2D eigenvalue weighted by molar-refractivity contribution is 5.02. The van der Waals surface area contributed by atoms with Gasteiger partial charge in [-0.1, -0.05) is 19.8 Å². The van der Waals surface area contributed by atoms with E-state index in [1.54, 1.807) is 0 Å². The van der Waals surface area contributed by atoms with Crippen LogP contribution in [0.25, 0.3) is 0 Å². The molecule has 3 unspecified atom stereocenters. The quantitative estimate of drug-likeness (QED) is 0.817. The smallest absolute Gasteiger partial charge is 0.102 e. The molecule has 0 aromatic rings. The summed E-state index contributed by atoms with van der Waals surface area (Å²) in [6, 6.07) is 2.62. The summed E-state index contributed by atoms with van der Waals surface area (Å²) in [5, 5.41) is 9.02. The van der Waals surface area contributed by atoms with E-state index in [9.17, 15) is 0 Å². The number of nitriles is 1. The molecule has 0 saturated carbocycles. The van der Waals surface area contributed by atoms with Crippen LogP contribution in [-0.4, -0.2) is 29.6 Å². The number of nitrogens with two attached hydrogens (primary N) is 1. The molecule has 0 aliphatic carbocycles. The van der Waals surface area contributed by atoms with Gasteiger partial charge < -0.3 is 10.6 Å². The van der Waals surface area contributed by atoms with Crippen molar-refractivity contribution >= 4 is 0 Å². The van der Waals surface area contributed by atoms with Crippen molar-refractivity contribution in [3.63, 3.8) is 0 Å². The van der Waals surface area contributed by atoms with Crippen LogP contribution in [-0.2, 0) is 0 Å². The standard InChI is InChI=1S/C15H29N3/c1-4-6-14-7-5-9-18(10-8-14)13(2)11-15(3,17)12-16/h13-14H,4-11,17H2,1-3H3. The third-order valence-corrected chi connectivity index (χ3v) is 4.18. The fourth-order valence-electron chi connectivity index (χ4n) is 3.11.